The molecular weight excluding hydrogens is 250 g/mol. The summed E-state index contributed by atoms with van der Waals surface area (Å²) in [6.45, 7) is 6.20. The Kier molecular flexibility index (Phi) is 4.25. The lowest BCUT2D eigenvalue weighted by molar-refractivity contribution is 0.0942. The molecule has 1 amide bonds. The van der Waals surface area contributed by atoms with Crippen molar-refractivity contribution in [3.8, 4) is 0 Å². The largest absolute Gasteiger partial charge is 0.338 e. The Balaban J connectivity index is 2.34. The van der Waals surface area contributed by atoms with E-state index in [0.717, 1.165) is 12.1 Å². The first-order chi connectivity index (χ1) is 9.52. The highest BCUT2D eigenvalue weighted by Gasteiger charge is 2.16. The number of rotatable bonds is 4. The Labute approximate surface area is 119 Å². The lowest BCUT2D eigenvalue weighted by Crippen LogP contribution is -2.32. The number of nitrogens with one attached hydrogen (secondary N) is 1. The summed E-state index contributed by atoms with van der Waals surface area (Å²) in [6, 6.07) is 12.5. The van der Waals surface area contributed by atoms with Crippen molar-refractivity contribution in [3.63, 3.8) is 0 Å². The van der Waals surface area contributed by atoms with Crippen molar-refractivity contribution >= 4 is 5.91 Å². The van der Waals surface area contributed by atoms with Gasteiger partial charge in [-0.3, -0.25) is 10.2 Å². The lowest BCUT2D eigenvalue weighted by atomic mass is 10.1. The molecule has 106 valence electrons. The molecule has 0 unspecified atom stereocenters. The van der Waals surface area contributed by atoms with E-state index in [4.69, 9.17) is 5.84 Å². The molecule has 4 nitrogen and oxygen atoms in total. The monoisotopic (exact) mass is 271 g/mol. The van der Waals surface area contributed by atoms with E-state index in [1.807, 2.05) is 16.7 Å². The van der Waals surface area contributed by atoms with E-state index < -0.39 is 0 Å². The molecule has 20 heavy (non-hydrogen) atoms. The van der Waals surface area contributed by atoms with Crippen LogP contribution in [0, 0.1) is 6.92 Å². The van der Waals surface area contributed by atoms with Gasteiger partial charge in [0.25, 0.3) is 5.91 Å². The Bertz CT molecular complexity index is 597. The first-order valence-electron chi connectivity index (χ1n) is 6.79. The van der Waals surface area contributed by atoms with Gasteiger partial charge in [0.05, 0.1) is 0 Å². The van der Waals surface area contributed by atoms with E-state index in [1.54, 1.807) is 0 Å². The molecule has 0 saturated carbocycles. The van der Waals surface area contributed by atoms with Gasteiger partial charge in [-0.05, 0) is 38.5 Å². The van der Waals surface area contributed by atoms with E-state index in [2.05, 4.69) is 50.5 Å². The number of hydrogen-bond donors (Lipinski definition) is 2. The normalized spacial score (nSPS) is 10.8. The number of nitrogens with zero attached hydrogens (tertiary/aromatic N) is 1. The van der Waals surface area contributed by atoms with Crippen LogP contribution in [-0.2, 0) is 6.42 Å². The quantitative estimate of drug-likeness (QED) is 0.510. The number of carbonyl (C=O) groups is 1. The third-order valence-corrected chi connectivity index (χ3v) is 3.39. The number of carbonyl (C=O) groups excluding carboxylic acids is 1. The van der Waals surface area contributed by atoms with Crippen LogP contribution in [0.1, 0.15) is 47.2 Å². The summed E-state index contributed by atoms with van der Waals surface area (Å²) in [5.74, 6) is 4.98. The zero-order valence-corrected chi connectivity index (χ0v) is 12.2. The molecule has 2 rings (SSSR count). The summed E-state index contributed by atoms with van der Waals surface area (Å²) in [5, 5.41) is 0. The molecule has 0 atom stereocenters. The van der Waals surface area contributed by atoms with Crippen LogP contribution in [0.4, 0.5) is 0 Å². The molecule has 4 heteroatoms. The number of nitrogen functional groups attached to an aromatic ring is 1. The third-order valence-electron chi connectivity index (χ3n) is 3.39. The van der Waals surface area contributed by atoms with Gasteiger partial charge in [0.15, 0.2) is 0 Å². The second kappa shape index (κ2) is 5.92. The third kappa shape index (κ3) is 2.91. The van der Waals surface area contributed by atoms with Crippen LogP contribution in [0.25, 0.3) is 0 Å². The fourth-order valence-electron chi connectivity index (χ4n) is 2.42. The molecule has 0 spiro atoms. The first kappa shape index (κ1) is 14.3. The maximum absolute atomic E-state index is 11.8. The molecule has 0 aliphatic carbocycles. The van der Waals surface area contributed by atoms with Crippen molar-refractivity contribution in [1.82, 2.24) is 9.99 Å². The molecule has 1 aromatic heterocycles. The van der Waals surface area contributed by atoms with Crippen LogP contribution in [0.15, 0.2) is 36.4 Å². The Morgan fingerprint density at radius 1 is 1.20 bits per heavy atom. The number of hydrazine groups is 1. The topological polar surface area (TPSA) is 60.1 Å². The van der Waals surface area contributed by atoms with Gasteiger partial charge in [0, 0.05) is 18.2 Å². The molecule has 0 aliphatic heterocycles. The Morgan fingerprint density at radius 2 is 1.85 bits per heavy atom. The number of aryl methyl sites for hydroxylation is 1. The van der Waals surface area contributed by atoms with Crippen molar-refractivity contribution in [3.05, 3.63) is 58.9 Å². The molecule has 0 aliphatic rings. The van der Waals surface area contributed by atoms with E-state index >= 15 is 0 Å². The molecule has 0 fully saturated rings. The van der Waals surface area contributed by atoms with E-state index in [-0.39, 0.29) is 11.9 Å². The highest BCUT2D eigenvalue weighted by atomic mass is 16.2. The predicted molar refractivity (Wildman–Crippen MR) is 80.5 cm³/mol. The number of hydrogen-bond acceptors (Lipinski definition) is 2. The minimum absolute atomic E-state index is 0.206. The van der Waals surface area contributed by atoms with Crippen LogP contribution in [0.2, 0.25) is 0 Å². The van der Waals surface area contributed by atoms with Crippen molar-refractivity contribution < 1.29 is 4.79 Å². The molecule has 0 radical (unpaired) electrons. The van der Waals surface area contributed by atoms with Gasteiger partial charge in [0.2, 0.25) is 0 Å². The van der Waals surface area contributed by atoms with Crippen molar-refractivity contribution in [2.45, 2.75) is 33.2 Å². The molecule has 0 saturated heterocycles. The van der Waals surface area contributed by atoms with Crippen LogP contribution in [0.3, 0.4) is 0 Å². The van der Waals surface area contributed by atoms with Crippen LogP contribution in [-0.4, -0.2) is 10.5 Å². The lowest BCUT2D eigenvalue weighted by Gasteiger charge is -2.16. The van der Waals surface area contributed by atoms with Gasteiger partial charge in [0.1, 0.15) is 5.69 Å². The number of benzene rings is 1. The Morgan fingerprint density at radius 3 is 2.40 bits per heavy atom. The van der Waals surface area contributed by atoms with Gasteiger partial charge >= 0.3 is 0 Å². The zero-order chi connectivity index (χ0) is 14.7. The summed E-state index contributed by atoms with van der Waals surface area (Å²) in [7, 11) is 0. The van der Waals surface area contributed by atoms with Crippen LogP contribution >= 0.6 is 0 Å². The molecule has 1 heterocycles. The molecule has 2 aromatic rings. The average Bonchev–Trinajstić information content (AvgIpc) is 2.84. The van der Waals surface area contributed by atoms with E-state index in [9.17, 15) is 4.79 Å². The van der Waals surface area contributed by atoms with Crippen molar-refractivity contribution in [2.75, 3.05) is 0 Å². The Hall–Kier alpha value is -2.07. The van der Waals surface area contributed by atoms with Crippen molar-refractivity contribution in [1.29, 1.82) is 0 Å². The highest BCUT2D eigenvalue weighted by molar-refractivity contribution is 5.92. The molecule has 0 bridgehead atoms. The summed E-state index contributed by atoms with van der Waals surface area (Å²) in [4.78, 5) is 11.8. The van der Waals surface area contributed by atoms with Gasteiger partial charge < -0.3 is 4.57 Å². The predicted octanol–water partition coefficient (Wildman–Crippen LogP) is 2.57. The minimum Gasteiger partial charge on any atom is -0.338 e. The highest BCUT2D eigenvalue weighted by Crippen LogP contribution is 2.19. The molecule has 3 N–H and O–H groups in total. The van der Waals surface area contributed by atoms with Gasteiger partial charge in [-0.1, -0.05) is 29.8 Å². The summed E-state index contributed by atoms with van der Waals surface area (Å²) >= 11 is 0. The SMILES string of the molecule is Cc1ccc(Cc2ccc(C(=O)NN)n2C(C)C)cc1. The van der Waals surface area contributed by atoms with Crippen LogP contribution in [0.5, 0.6) is 0 Å². The second-order valence-electron chi connectivity index (χ2n) is 5.31. The van der Waals surface area contributed by atoms with Gasteiger partial charge in [-0.2, -0.15) is 0 Å². The van der Waals surface area contributed by atoms with Gasteiger partial charge in [-0.25, -0.2) is 5.84 Å². The summed E-state index contributed by atoms with van der Waals surface area (Å²) < 4.78 is 2.03. The van der Waals surface area contributed by atoms with E-state index in [1.165, 1.54) is 11.1 Å². The first-order valence-corrected chi connectivity index (χ1v) is 6.79. The standard InChI is InChI=1S/C16H21N3O/c1-11(2)19-14(8-9-15(19)16(20)18-17)10-13-6-4-12(3)5-7-13/h4-9,11H,10,17H2,1-3H3,(H,18,20). The molecular formula is C16H21N3O. The average molecular weight is 271 g/mol. The summed E-state index contributed by atoms with van der Waals surface area (Å²) in [5.41, 5.74) is 6.39. The molecule has 1 aromatic carbocycles. The smallest absolute Gasteiger partial charge is 0.281 e. The van der Waals surface area contributed by atoms with Gasteiger partial charge in [-0.15, -0.1) is 0 Å². The maximum Gasteiger partial charge on any atom is 0.281 e. The minimum atomic E-state index is -0.256. The number of amides is 1. The van der Waals surface area contributed by atoms with E-state index in [0.29, 0.717) is 5.69 Å². The zero-order valence-electron chi connectivity index (χ0n) is 12.2. The number of aromatic nitrogens is 1. The number of nitrogens with two attached hydrogens (primary N) is 1. The van der Waals surface area contributed by atoms with Crippen molar-refractivity contribution in [2.24, 2.45) is 5.84 Å². The fraction of sp³-hybridized carbons (Fsp3) is 0.312. The maximum atomic E-state index is 11.8. The fourth-order valence-corrected chi connectivity index (χ4v) is 2.42. The summed E-state index contributed by atoms with van der Waals surface area (Å²) in [6.07, 6.45) is 0.802. The van der Waals surface area contributed by atoms with Crippen LogP contribution < -0.4 is 11.3 Å². The second-order valence-corrected chi connectivity index (χ2v) is 5.31.